The summed E-state index contributed by atoms with van der Waals surface area (Å²) in [5.41, 5.74) is 17.2. The van der Waals surface area contributed by atoms with E-state index in [1.807, 2.05) is 0 Å². The van der Waals surface area contributed by atoms with Gasteiger partial charge in [0.2, 0.25) is 0 Å². The lowest BCUT2D eigenvalue weighted by Gasteiger charge is -2.34. The number of allylic oxidation sites excluding steroid dienone is 13. The maximum absolute atomic E-state index is 4.71. The maximum atomic E-state index is 4.71. The normalized spacial score (nSPS) is 21.8. The summed E-state index contributed by atoms with van der Waals surface area (Å²) in [7, 11) is 0. The van der Waals surface area contributed by atoms with Crippen molar-refractivity contribution in [3.8, 4) is 0 Å². The molecular formula is C38H40. The monoisotopic (exact) mass is 496 g/mol. The standard InChI is InChI=1S/C38H40/c1-8-10-26(5)36-27(6)19-35-23-34(28(7)37(35)38(36)30-16-13-25(4)14-17-30)21-29-15-18-33(20-29)32-12-9-11-31(22-32)24(2)3/h9,11-19,21-22,37-38H,2,5,7-8,10,20,23H2,1,3-4,6H3/b34-21+. The van der Waals surface area contributed by atoms with Gasteiger partial charge in [0.25, 0.3) is 0 Å². The first-order valence-corrected chi connectivity index (χ1v) is 14.0. The van der Waals surface area contributed by atoms with Gasteiger partial charge in [0.1, 0.15) is 0 Å². The second-order valence-corrected chi connectivity index (χ2v) is 11.4. The molecule has 0 saturated heterocycles. The van der Waals surface area contributed by atoms with Crippen molar-refractivity contribution < 1.29 is 0 Å². The van der Waals surface area contributed by atoms with Crippen LogP contribution in [0.1, 0.15) is 74.6 Å². The molecular weight excluding hydrogens is 456 g/mol. The third kappa shape index (κ3) is 4.93. The minimum absolute atomic E-state index is 0.282. The Morgan fingerprint density at radius 2 is 1.74 bits per heavy atom. The molecule has 38 heavy (non-hydrogen) atoms. The smallest absolute Gasteiger partial charge is 0.0201 e. The fourth-order valence-corrected chi connectivity index (χ4v) is 6.45. The van der Waals surface area contributed by atoms with Gasteiger partial charge < -0.3 is 0 Å². The van der Waals surface area contributed by atoms with Gasteiger partial charge in [-0.05, 0) is 96.2 Å². The Hall–Kier alpha value is -3.64. The zero-order valence-corrected chi connectivity index (χ0v) is 23.5. The molecule has 0 heteroatoms. The summed E-state index contributed by atoms with van der Waals surface area (Å²) >= 11 is 0. The molecule has 1 fully saturated rings. The molecule has 3 aliphatic rings. The lowest BCUT2D eigenvalue weighted by atomic mass is 9.69. The van der Waals surface area contributed by atoms with E-state index in [0.29, 0.717) is 5.92 Å². The van der Waals surface area contributed by atoms with Crippen molar-refractivity contribution in [3.63, 3.8) is 0 Å². The molecule has 2 aromatic carbocycles. The summed E-state index contributed by atoms with van der Waals surface area (Å²) < 4.78 is 0. The van der Waals surface area contributed by atoms with Crippen LogP contribution in [0.15, 0.2) is 132 Å². The largest absolute Gasteiger partial charge is 0.0955 e. The number of benzene rings is 2. The molecule has 1 saturated carbocycles. The van der Waals surface area contributed by atoms with E-state index < -0.39 is 0 Å². The van der Waals surface area contributed by atoms with Gasteiger partial charge in [-0.1, -0.05) is 122 Å². The van der Waals surface area contributed by atoms with Crippen LogP contribution in [0.4, 0.5) is 0 Å². The minimum atomic E-state index is 0.282. The van der Waals surface area contributed by atoms with Crippen molar-refractivity contribution in [1.82, 2.24) is 0 Å². The highest BCUT2D eigenvalue weighted by Gasteiger charge is 2.40. The molecule has 2 atom stereocenters. The van der Waals surface area contributed by atoms with Gasteiger partial charge in [-0.15, -0.1) is 0 Å². The van der Waals surface area contributed by atoms with Crippen molar-refractivity contribution in [2.24, 2.45) is 5.92 Å². The molecule has 0 aromatic heterocycles. The summed E-state index contributed by atoms with van der Waals surface area (Å²) in [5.74, 6) is 0.585. The average molecular weight is 497 g/mol. The highest BCUT2D eigenvalue weighted by molar-refractivity contribution is 5.76. The molecule has 192 valence electrons. The van der Waals surface area contributed by atoms with Crippen molar-refractivity contribution in [2.75, 3.05) is 0 Å². The lowest BCUT2D eigenvalue weighted by Crippen LogP contribution is -2.21. The molecule has 2 aromatic rings. The molecule has 0 spiro atoms. The molecule has 5 rings (SSSR count). The molecule has 0 N–H and O–H groups in total. The Balaban J connectivity index is 1.43. The average Bonchev–Trinajstić information content (AvgIpc) is 3.48. The predicted octanol–water partition coefficient (Wildman–Crippen LogP) is 10.6. The van der Waals surface area contributed by atoms with Crippen molar-refractivity contribution in [2.45, 2.75) is 59.3 Å². The number of hydrogen-bond acceptors (Lipinski definition) is 0. The van der Waals surface area contributed by atoms with E-state index in [1.54, 1.807) is 0 Å². The van der Waals surface area contributed by atoms with Crippen LogP contribution in [0.3, 0.4) is 0 Å². The lowest BCUT2D eigenvalue weighted by molar-refractivity contribution is 0.619. The van der Waals surface area contributed by atoms with E-state index >= 15 is 0 Å². The molecule has 0 nitrogen and oxygen atoms in total. The Morgan fingerprint density at radius 3 is 2.45 bits per heavy atom. The minimum Gasteiger partial charge on any atom is -0.0955 e. The second-order valence-electron chi connectivity index (χ2n) is 11.4. The number of rotatable bonds is 7. The maximum Gasteiger partial charge on any atom is 0.0201 e. The summed E-state index contributed by atoms with van der Waals surface area (Å²) in [4.78, 5) is 0. The number of hydrogen-bond donors (Lipinski definition) is 0. The predicted molar refractivity (Wildman–Crippen MR) is 166 cm³/mol. The summed E-state index contributed by atoms with van der Waals surface area (Å²) in [5, 5.41) is 0. The third-order valence-corrected chi connectivity index (χ3v) is 8.40. The summed E-state index contributed by atoms with van der Waals surface area (Å²) in [6.45, 7) is 22.1. The van der Waals surface area contributed by atoms with Gasteiger partial charge in [0.15, 0.2) is 0 Å². The Kier molecular flexibility index (Phi) is 7.26. The fraction of sp³-hybridized carbons (Fsp3) is 0.263. The van der Waals surface area contributed by atoms with E-state index in [4.69, 9.17) is 6.58 Å². The van der Waals surface area contributed by atoms with E-state index in [9.17, 15) is 0 Å². The Morgan fingerprint density at radius 1 is 0.974 bits per heavy atom. The fourth-order valence-electron chi connectivity index (χ4n) is 6.45. The Bertz CT molecular complexity index is 1470. The zero-order valence-electron chi connectivity index (χ0n) is 23.5. The summed E-state index contributed by atoms with van der Waals surface area (Å²) in [6, 6.07) is 17.9. The van der Waals surface area contributed by atoms with Crippen molar-refractivity contribution in [3.05, 3.63) is 154 Å². The molecule has 0 bridgehead atoms. The first kappa shape index (κ1) is 26.0. The third-order valence-electron chi connectivity index (χ3n) is 8.40. The first-order valence-electron chi connectivity index (χ1n) is 14.0. The van der Waals surface area contributed by atoms with Gasteiger partial charge in [-0.2, -0.15) is 0 Å². The second kappa shape index (κ2) is 10.6. The van der Waals surface area contributed by atoms with E-state index in [-0.39, 0.29) is 5.92 Å². The van der Waals surface area contributed by atoms with E-state index in [2.05, 4.69) is 114 Å². The highest BCUT2D eigenvalue weighted by Crippen LogP contribution is 2.55. The van der Waals surface area contributed by atoms with Crippen LogP contribution in [0.2, 0.25) is 0 Å². The molecule has 3 aliphatic carbocycles. The van der Waals surface area contributed by atoms with Crippen molar-refractivity contribution >= 4 is 11.1 Å². The molecule has 0 amide bonds. The van der Waals surface area contributed by atoms with Gasteiger partial charge in [0, 0.05) is 11.8 Å². The topological polar surface area (TPSA) is 0 Å². The van der Waals surface area contributed by atoms with Crippen LogP contribution >= 0.6 is 0 Å². The van der Waals surface area contributed by atoms with Crippen LogP contribution in [-0.4, -0.2) is 0 Å². The molecule has 0 heterocycles. The SMILES string of the molecule is C=C(CCC)C1=C(C)C=C2C/C(=C\C3=CC=C(c4cccc(C(=C)C)c4)C3)C(=C)C2C1c1ccc(C)cc1. The molecule has 0 aliphatic heterocycles. The van der Waals surface area contributed by atoms with Crippen LogP contribution in [0.25, 0.3) is 11.1 Å². The molecule has 2 unspecified atom stereocenters. The van der Waals surface area contributed by atoms with Crippen LogP contribution in [0, 0.1) is 12.8 Å². The van der Waals surface area contributed by atoms with Crippen LogP contribution in [0.5, 0.6) is 0 Å². The first-order chi connectivity index (χ1) is 18.3. The number of aryl methyl sites for hydroxylation is 1. The van der Waals surface area contributed by atoms with Gasteiger partial charge in [0.05, 0.1) is 0 Å². The summed E-state index contributed by atoms with van der Waals surface area (Å²) in [6.07, 6.45) is 13.5. The van der Waals surface area contributed by atoms with Crippen LogP contribution < -0.4 is 0 Å². The number of fused-ring (bicyclic) bond motifs is 1. The van der Waals surface area contributed by atoms with Gasteiger partial charge in [-0.3, -0.25) is 0 Å². The Labute approximate surface area is 229 Å². The van der Waals surface area contributed by atoms with Gasteiger partial charge in [-0.25, -0.2) is 0 Å². The van der Waals surface area contributed by atoms with Gasteiger partial charge >= 0.3 is 0 Å². The van der Waals surface area contributed by atoms with Crippen LogP contribution in [-0.2, 0) is 0 Å². The highest BCUT2D eigenvalue weighted by atomic mass is 14.4. The van der Waals surface area contributed by atoms with E-state index in [0.717, 1.165) is 31.3 Å². The van der Waals surface area contributed by atoms with E-state index in [1.165, 1.54) is 66.8 Å². The molecule has 0 radical (unpaired) electrons. The quantitative estimate of drug-likeness (QED) is 0.357. The van der Waals surface area contributed by atoms with Crippen molar-refractivity contribution in [1.29, 1.82) is 0 Å². The zero-order chi connectivity index (χ0) is 27.0.